The van der Waals surface area contributed by atoms with Gasteiger partial charge in [0.1, 0.15) is 5.82 Å². The molecule has 0 bridgehead atoms. The molecule has 3 aromatic rings. The Bertz CT molecular complexity index is 1240. The number of aromatic nitrogens is 4. The molecule has 6 nitrogen and oxygen atoms in total. The Balaban J connectivity index is 1.59. The summed E-state index contributed by atoms with van der Waals surface area (Å²) in [6, 6.07) is 9.79. The number of hydrogen-bond donors (Lipinski definition) is 1. The van der Waals surface area contributed by atoms with Crippen molar-refractivity contribution in [2.45, 2.75) is 55.9 Å². The molecule has 2 aliphatic rings. The van der Waals surface area contributed by atoms with Crippen molar-refractivity contribution in [1.82, 2.24) is 25.5 Å². The van der Waals surface area contributed by atoms with Crippen molar-refractivity contribution in [2.75, 3.05) is 6.54 Å². The highest BCUT2D eigenvalue weighted by Gasteiger charge is 2.56. The van der Waals surface area contributed by atoms with E-state index in [0.29, 0.717) is 44.7 Å². The number of nitrogens with zero attached hydrogens (tertiary/aromatic N) is 4. The van der Waals surface area contributed by atoms with Gasteiger partial charge in [-0.1, -0.05) is 30.3 Å². The van der Waals surface area contributed by atoms with Gasteiger partial charge >= 0.3 is 6.18 Å². The average Bonchev–Trinajstić information content (AvgIpc) is 3.48. The number of aromatic amines is 1. The molecule has 1 aromatic heterocycles. The SMILES string of the molecule is CC(F)(c1ccc2c(c1)CC[C@H]1N(C(=O)c3nnn[nH]3)CC[C@@]21Cc1ccc(F)cc1)C(F)(F)F. The quantitative estimate of drug-likeness (QED) is 0.548. The lowest BCUT2D eigenvalue weighted by Crippen LogP contribution is -2.49. The minimum atomic E-state index is -5.05. The molecule has 0 saturated carbocycles. The van der Waals surface area contributed by atoms with Gasteiger partial charge in [-0.25, -0.2) is 13.9 Å². The normalized spacial score (nSPS) is 23.5. The number of likely N-dealkylation sites (tertiary alicyclic amines) is 1. The van der Waals surface area contributed by atoms with Gasteiger partial charge in [-0.15, -0.1) is 5.10 Å². The third-order valence-electron chi connectivity index (χ3n) is 7.46. The standard InChI is InChI=1S/C24H22F5N5O/c1-22(26,24(27,28)29)16-5-8-18-15(12-16)4-9-19-23(18,13-14-2-6-17(25)7-3-14)10-11-34(19)21(35)20-30-32-33-31-20/h2-3,5-8,12,19H,4,9-11,13H2,1H3,(H,30,31,32,33)/t19-,22?,23-/m1/s1. The number of hydrogen-bond acceptors (Lipinski definition) is 4. The fraction of sp³-hybridized carbons (Fsp3) is 0.417. The summed E-state index contributed by atoms with van der Waals surface area (Å²) in [5.74, 6) is -0.747. The number of H-pyrrole nitrogens is 1. The van der Waals surface area contributed by atoms with E-state index in [4.69, 9.17) is 0 Å². The lowest BCUT2D eigenvalue weighted by molar-refractivity contribution is -0.228. The van der Waals surface area contributed by atoms with E-state index < -0.39 is 22.8 Å². The van der Waals surface area contributed by atoms with Crippen LogP contribution < -0.4 is 0 Å². The Morgan fingerprint density at radius 3 is 2.57 bits per heavy atom. The first kappa shape index (κ1) is 23.4. The number of halogens is 5. The van der Waals surface area contributed by atoms with Crippen LogP contribution in [0.3, 0.4) is 0 Å². The van der Waals surface area contributed by atoms with Crippen LogP contribution in [0.5, 0.6) is 0 Å². The number of nitrogens with one attached hydrogen (secondary N) is 1. The number of fused-ring (bicyclic) bond motifs is 3. The Morgan fingerprint density at radius 2 is 1.91 bits per heavy atom. The highest BCUT2D eigenvalue weighted by Crippen LogP contribution is 2.51. The molecule has 0 spiro atoms. The van der Waals surface area contributed by atoms with E-state index in [1.807, 2.05) is 0 Å². The zero-order chi connectivity index (χ0) is 25.0. The molecule has 1 aliphatic heterocycles. The molecule has 11 heteroatoms. The Labute approximate surface area is 197 Å². The molecule has 1 N–H and O–H groups in total. The molecule has 2 heterocycles. The molecule has 1 saturated heterocycles. The summed E-state index contributed by atoms with van der Waals surface area (Å²) >= 11 is 0. The monoisotopic (exact) mass is 491 g/mol. The maximum atomic E-state index is 14.7. The van der Waals surface area contributed by atoms with Crippen LogP contribution in [0.25, 0.3) is 0 Å². The van der Waals surface area contributed by atoms with Crippen LogP contribution in [-0.4, -0.2) is 50.2 Å². The molecule has 2 aromatic carbocycles. The van der Waals surface area contributed by atoms with E-state index in [1.54, 1.807) is 23.1 Å². The van der Waals surface area contributed by atoms with Crippen LogP contribution in [0.15, 0.2) is 42.5 Å². The molecular weight excluding hydrogens is 469 g/mol. The molecule has 3 atom stereocenters. The van der Waals surface area contributed by atoms with Crippen LogP contribution in [0.2, 0.25) is 0 Å². The summed E-state index contributed by atoms with van der Waals surface area (Å²) in [5, 5.41) is 13.1. The van der Waals surface area contributed by atoms with Crippen LogP contribution >= 0.6 is 0 Å². The first-order valence-corrected chi connectivity index (χ1v) is 11.2. The Morgan fingerprint density at radius 1 is 1.17 bits per heavy atom. The van der Waals surface area contributed by atoms with Gasteiger partial charge in [0.05, 0.1) is 0 Å². The lowest BCUT2D eigenvalue weighted by Gasteiger charge is -2.44. The second-order valence-corrected chi connectivity index (χ2v) is 9.38. The van der Waals surface area contributed by atoms with Crippen molar-refractivity contribution in [3.63, 3.8) is 0 Å². The van der Waals surface area contributed by atoms with Gasteiger partial charge < -0.3 is 4.90 Å². The molecule has 5 rings (SSSR count). The van der Waals surface area contributed by atoms with Crippen LogP contribution in [0.4, 0.5) is 22.0 Å². The highest BCUT2D eigenvalue weighted by atomic mass is 19.4. The molecule has 184 valence electrons. The number of carbonyl (C=O) groups is 1. The molecular formula is C24H22F5N5O. The molecule has 1 fully saturated rings. The molecule has 1 unspecified atom stereocenters. The molecule has 1 amide bonds. The number of amides is 1. The van der Waals surface area contributed by atoms with E-state index >= 15 is 0 Å². The second kappa shape index (κ2) is 8.10. The predicted octanol–water partition coefficient (Wildman–Crippen LogP) is 4.43. The largest absolute Gasteiger partial charge is 0.426 e. The summed E-state index contributed by atoms with van der Waals surface area (Å²) in [6.45, 7) is 0.909. The van der Waals surface area contributed by atoms with Gasteiger partial charge in [-0.2, -0.15) is 13.2 Å². The Hall–Kier alpha value is -3.37. The molecule has 35 heavy (non-hydrogen) atoms. The number of alkyl halides is 4. The van der Waals surface area contributed by atoms with Crippen molar-refractivity contribution < 1.29 is 26.7 Å². The second-order valence-electron chi connectivity index (χ2n) is 9.38. The number of tetrazole rings is 1. The smallest absolute Gasteiger partial charge is 0.332 e. The zero-order valence-electron chi connectivity index (χ0n) is 18.7. The van der Waals surface area contributed by atoms with Gasteiger partial charge in [-0.3, -0.25) is 4.79 Å². The Kier molecular flexibility index (Phi) is 5.41. The first-order valence-electron chi connectivity index (χ1n) is 11.2. The van der Waals surface area contributed by atoms with E-state index in [1.165, 1.54) is 24.3 Å². The maximum Gasteiger partial charge on any atom is 0.426 e. The number of aryl methyl sites for hydroxylation is 1. The summed E-state index contributed by atoms with van der Waals surface area (Å²) in [7, 11) is 0. The third kappa shape index (κ3) is 3.77. The minimum absolute atomic E-state index is 0.00194. The lowest BCUT2D eigenvalue weighted by atomic mass is 9.63. The maximum absolute atomic E-state index is 14.7. The summed E-state index contributed by atoms with van der Waals surface area (Å²) in [4.78, 5) is 14.8. The van der Waals surface area contributed by atoms with Crippen molar-refractivity contribution in [3.05, 3.63) is 76.4 Å². The van der Waals surface area contributed by atoms with Gasteiger partial charge in [0.25, 0.3) is 5.91 Å². The third-order valence-corrected chi connectivity index (χ3v) is 7.46. The van der Waals surface area contributed by atoms with E-state index in [0.717, 1.165) is 11.1 Å². The fourth-order valence-corrected chi connectivity index (χ4v) is 5.62. The van der Waals surface area contributed by atoms with Gasteiger partial charge in [-0.05, 0) is 77.4 Å². The van der Waals surface area contributed by atoms with Crippen molar-refractivity contribution in [3.8, 4) is 0 Å². The number of rotatable bonds is 4. The zero-order valence-corrected chi connectivity index (χ0v) is 18.7. The first-order chi connectivity index (χ1) is 16.5. The molecule has 0 radical (unpaired) electrons. The summed E-state index contributed by atoms with van der Waals surface area (Å²) in [6.07, 6.45) is -3.23. The topological polar surface area (TPSA) is 74.8 Å². The van der Waals surface area contributed by atoms with Gasteiger partial charge in [0, 0.05) is 18.0 Å². The van der Waals surface area contributed by atoms with Crippen LogP contribution in [-0.2, 0) is 23.9 Å². The van der Waals surface area contributed by atoms with E-state index in [2.05, 4.69) is 20.6 Å². The average molecular weight is 491 g/mol. The highest BCUT2D eigenvalue weighted by molar-refractivity contribution is 5.91. The van der Waals surface area contributed by atoms with Crippen LogP contribution in [0.1, 0.15) is 52.6 Å². The number of benzene rings is 2. The molecule has 1 aliphatic carbocycles. The van der Waals surface area contributed by atoms with Crippen LogP contribution in [0, 0.1) is 5.82 Å². The van der Waals surface area contributed by atoms with Gasteiger partial charge in [0.2, 0.25) is 11.5 Å². The minimum Gasteiger partial charge on any atom is -0.332 e. The summed E-state index contributed by atoms with van der Waals surface area (Å²) in [5.41, 5.74) is -2.33. The summed E-state index contributed by atoms with van der Waals surface area (Å²) < 4.78 is 68.4. The predicted molar refractivity (Wildman–Crippen MR) is 115 cm³/mol. The van der Waals surface area contributed by atoms with Crippen molar-refractivity contribution >= 4 is 5.91 Å². The fourth-order valence-electron chi connectivity index (χ4n) is 5.62. The van der Waals surface area contributed by atoms with Gasteiger partial charge in [0.15, 0.2) is 0 Å². The van der Waals surface area contributed by atoms with Crippen molar-refractivity contribution in [1.29, 1.82) is 0 Å². The van der Waals surface area contributed by atoms with Crippen molar-refractivity contribution in [2.24, 2.45) is 0 Å². The van der Waals surface area contributed by atoms with E-state index in [-0.39, 0.29) is 23.6 Å². The number of carbonyl (C=O) groups excluding carboxylic acids is 1. The van der Waals surface area contributed by atoms with E-state index in [9.17, 15) is 26.7 Å².